The van der Waals surface area contributed by atoms with Gasteiger partial charge >= 0.3 is 0 Å². The van der Waals surface area contributed by atoms with E-state index in [9.17, 15) is 4.79 Å². The Bertz CT molecular complexity index is 695. The number of amides is 1. The molecule has 0 atom stereocenters. The van der Waals surface area contributed by atoms with Crippen LogP contribution >= 0.6 is 0 Å². The Kier molecular flexibility index (Phi) is 3.42. The van der Waals surface area contributed by atoms with Crippen LogP contribution in [0.3, 0.4) is 0 Å². The molecule has 1 aliphatic rings. The molecule has 0 fully saturated rings. The summed E-state index contributed by atoms with van der Waals surface area (Å²) < 4.78 is 10.4. The van der Waals surface area contributed by atoms with Crippen LogP contribution in [0.1, 0.15) is 15.9 Å². The third kappa shape index (κ3) is 2.94. The van der Waals surface area contributed by atoms with E-state index in [1.165, 1.54) is 6.21 Å². The number of hydrogen-bond acceptors (Lipinski definition) is 5. The zero-order valence-electron chi connectivity index (χ0n) is 10.9. The number of nitrogens with one attached hydrogen (secondary N) is 1. The fraction of sp³-hybridized carbons (Fsp3) is 0.0667. The van der Waals surface area contributed by atoms with Gasteiger partial charge in [0.25, 0.3) is 5.91 Å². The molecule has 6 heteroatoms. The van der Waals surface area contributed by atoms with Gasteiger partial charge in [-0.2, -0.15) is 5.10 Å². The predicted octanol–water partition coefficient (Wildman–Crippen LogP) is 1.88. The number of rotatable bonds is 3. The Morgan fingerprint density at radius 2 is 1.90 bits per heavy atom. The summed E-state index contributed by atoms with van der Waals surface area (Å²) in [6, 6.07) is 11.4. The molecule has 2 N–H and O–H groups in total. The van der Waals surface area contributed by atoms with E-state index in [4.69, 9.17) is 14.6 Å². The maximum absolute atomic E-state index is 11.9. The second-order valence-electron chi connectivity index (χ2n) is 4.36. The van der Waals surface area contributed by atoms with Gasteiger partial charge in [-0.3, -0.25) is 4.79 Å². The molecular weight excluding hydrogens is 272 g/mol. The molecule has 0 spiro atoms. The van der Waals surface area contributed by atoms with E-state index in [2.05, 4.69) is 10.5 Å². The average molecular weight is 284 g/mol. The molecule has 2 aromatic carbocycles. The topological polar surface area (TPSA) is 80.2 Å². The highest BCUT2D eigenvalue weighted by Gasteiger charge is 2.15. The first-order valence-electron chi connectivity index (χ1n) is 6.24. The lowest BCUT2D eigenvalue weighted by Crippen LogP contribution is -2.17. The number of carbonyl (C=O) groups excluding carboxylic acids is 1. The number of hydrogen-bond donors (Lipinski definition) is 2. The monoisotopic (exact) mass is 284 g/mol. The highest BCUT2D eigenvalue weighted by atomic mass is 16.7. The maximum atomic E-state index is 11.9. The van der Waals surface area contributed by atoms with E-state index < -0.39 is 0 Å². The molecule has 1 aliphatic heterocycles. The van der Waals surface area contributed by atoms with Gasteiger partial charge in [0.1, 0.15) is 5.75 Å². The minimum Gasteiger partial charge on any atom is -0.508 e. The van der Waals surface area contributed by atoms with Crippen LogP contribution in [-0.2, 0) is 0 Å². The Morgan fingerprint density at radius 1 is 1.14 bits per heavy atom. The van der Waals surface area contributed by atoms with Gasteiger partial charge in [0.05, 0.1) is 6.21 Å². The van der Waals surface area contributed by atoms with Crippen molar-refractivity contribution in [1.29, 1.82) is 0 Å². The summed E-state index contributed by atoms with van der Waals surface area (Å²) in [6.07, 6.45) is 1.49. The van der Waals surface area contributed by atoms with Crippen molar-refractivity contribution >= 4 is 12.1 Å². The highest BCUT2D eigenvalue weighted by molar-refractivity contribution is 5.95. The largest absolute Gasteiger partial charge is 0.508 e. The number of nitrogens with zero attached hydrogens (tertiary/aromatic N) is 1. The average Bonchev–Trinajstić information content (AvgIpc) is 2.96. The molecule has 0 saturated carbocycles. The summed E-state index contributed by atoms with van der Waals surface area (Å²) in [7, 11) is 0. The Labute approximate surface area is 120 Å². The first kappa shape index (κ1) is 13.0. The van der Waals surface area contributed by atoms with Gasteiger partial charge in [0.15, 0.2) is 11.5 Å². The second kappa shape index (κ2) is 5.54. The minimum atomic E-state index is -0.344. The summed E-state index contributed by atoms with van der Waals surface area (Å²) >= 11 is 0. The Balaban J connectivity index is 1.65. The third-order valence-electron chi connectivity index (χ3n) is 2.91. The van der Waals surface area contributed by atoms with Gasteiger partial charge in [-0.15, -0.1) is 0 Å². The number of aromatic hydroxyl groups is 1. The van der Waals surface area contributed by atoms with Crippen molar-refractivity contribution in [3.05, 3.63) is 53.6 Å². The van der Waals surface area contributed by atoms with Crippen LogP contribution in [-0.4, -0.2) is 24.0 Å². The standard InChI is InChI=1S/C15H12N2O4/c18-12-4-1-10(2-5-12)8-16-17-15(19)11-3-6-13-14(7-11)21-9-20-13/h1-8,18H,9H2,(H,17,19)/b16-8+. The molecule has 21 heavy (non-hydrogen) atoms. The number of carbonyl (C=O) groups is 1. The lowest BCUT2D eigenvalue weighted by molar-refractivity contribution is 0.0954. The summed E-state index contributed by atoms with van der Waals surface area (Å²) in [6.45, 7) is 0.166. The molecule has 0 unspecified atom stereocenters. The molecular formula is C15H12N2O4. The van der Waals surface area contributed by atoms with Crippen molar-refractivity contribution in [2.75, 3.05) is 6.79 Å². The van der Waals surface area contributed by atoms with Gasteiger partial charge in [0.2, 0.25) is 6.79 Å². The zero-order valence-corrected chi connectivity index (χ0v) is 10.9. The molecule has 1 heterocycles. The van der Waals surface area contributed by atoms with Crippen LogP contribution in [0.5, 0.6) is 17.2 Å². The number of phenols is 1. The molecule has 0 aliphatic carbocycles. The molecule has 106 valence electrons. The second-order valence-corrected chi connectivity index (χ2v) is 4.36. The van der Waals surface area contributed by atoms with E-state index in [1.54, 1.807) is 42.5 Å². The molecule has 0 saturated heterocycles. The number of hydrazone groups is 1. The predicted molar refractivity (Wildman–Crippen MR) is 75.7 cm³/mol. The number of ether oxygens (including phenoxy) is 2. The highest BCUT2D eigenvalue weighted by Crippen LogP contribution is 2.32. The molecule has 0 radical (unpaired) electrons. The van der Waals surface area contributed by atoms with Gasteiger partial charge in [-0.05, 0) is 48.0 Å². The van der Waals surface area contributed by atoms with Crippen LogP contribution in [0.25, 0.3) is 0 Å². The van der Waals surface area contributed by atoms with E-state index in [0.717, 1.165) is 5.56 Å². The van der Waals surface area contributed by atoms with Crippen LogP contribution < -0.4 is 14.9 Å². The first-order valence-corrected chi connectivity index (χ1v) is 6.24. The minimum absolute atomic E-state index is 0.166. The third-order valence-corrected chi connectivity index (χ3v) is 2.91. The van der Waals surface area contributed by atoms with Crippen molar-refractivity contribution < 1.29 is 19.4 Å². The molecule has 0 bridgehead atoms. The van der Waals surface area contributed by atoms with Crippen LogP contribution in [0.15, 0.2) is 47.6 Å². The van der Waals surface area contributed by atoms with Gasteiger partial charge in [-0.1, -0.05) is 0 Å². The van der Waals surface area contributed by atoms with Crippen molar-refractivity contribution in [2.24, 2.45) is 5.10 Å². The van der Waals surface area contributed by atoms with Crippen LogP contribution in [0, 0.1) is 0 Å². The van der Waals surface area contributed by atoms with Crippen molar-refractivity contribution in [2.45, 2.75) is 0 Å². The number of benzene rings is 2. The van der Waals surface area contributed by atoms with E-state index in [0.29, 0.717) is 17.1 Å². The molecule has 6 nitrogen and oxygen atoms in total. The lowest BCUT2D eigenvalue weighted by Gasteiger charge is -2.01. The SMILES string of the molecule is O=C(N/N=C/c1ccc(O)cc1)c1ccc2c(c1)OCO2. The lowest BCUT2D eigenvalue weighted by atomic mass is 10.2. The summed E-state index contributed by atoms with van der Waals surface area (Å²) in [5, 5.41) is 13.0. The van der Waals surface area contributed by atoms with E-state index >= 15 is 0 Å². The van der Waals surface area contributed by atoms with E-state index in [1.807, 2.05) is 0 Å². The normalized spacial score (nSPS) is 12.6. The van der Waals surface area contributed by atoms with Crippen molar-refractivity contribution in [3.63, 3.8) is 0 Å². The molecule has 0 aromatic heterocycles. The molecule has 1 amide bonds. The van der Waals surface area contributed by atoms with Crippen LogP contribution in [0.4, 0.5) is 0 Å². The van der Waals surface area contributed by atoms with Gasteiger partial charge < -0.3 is 14.6 Å². The van der Waals surface area contributed by atoms with E-state index in [-0.39, 0.29) is 18.4 Å². The van der Waals surface area contributed by atoms with Crippen LogP contribution in [0.2, 0.25) is 0 Å². The number of fused-ring (bicyclic) bond motifs is 1. The molecule has 3 rings (SSSR count). The quantitative estimate of drug-likeness (QED) is 0.666. The van der Waals surface area contributed by atoms with Crippen molar-refractivity contribution in [1.82, 2.24) is 5.43 Å². The summed E-state index contributed by atoms with van der Waals surface area (Å²) in [4.78, 5) is 11.9. The summed E-state index contributed by atoms with van der Waals surface area (Å²) in [5.41, 5.74) is 3.62. The van der Waals surface area contributed by atoms with Gasteiger partial charge in [-0.25, -0.2) is 5.43 Å². The maximum Gasteiger partial charge on any atom is 0.271 e. The number of phenolic OH excluding ortho intramolecular Hbond substituents is 1. The van der Waals surface area contributed by atoms with Gasteiger partial charge in [0, 0.05) is 5.56 Å². The molecule has 2 aromatic rings. The zero-order chi connectivity index (χ0) is 14.7. The Hall–Kier alpha value is -3.02. The Morgan fingerprint density at radius 3 is 2.71 bits per heavy atom. The fourth-order valence-corrected chi connectivity index (χ4v) is 1.83. The van der Waals surface area contributed by atoms with Crippen molar-refractivity contribution in [3.8, 4) is 17.2 Å². The first-order chi connectivity index (χ1) is 10.2. The fourth-order valence-electron chi connectivity index (χ4n) is 1.83. The summed E-state index contributed by atoms with van der Waals surface area (Å²) in [5.74, 6) is 1.00. The smallest absolute Gasteiger partial charge is 0.271 e.